The van der Waals surface area contributed by atoms with Crippen molar-refractivity contribution in [1.82, 2.24) is 20.0 Å². The number of carbonyl (C=O) groups excluding carboxylic acids is 1. The van der Waals surface area contributed by atoms with Crippen LogP contribution in [-0.2, 0) is 4.74 Å². The number of nitrogens with zero attached hydrogens (tertiary/aromatic N) is 3. The van der Waals surface area contributed by atoms with E-state index in [-0.39, 0.29) is 5.56 Å². The fourth-order valence-corrected chi connectivity index (χ4v) is 5.14. The highest BCUT2D eigenvalue weighted by Gasteiger charge is 2.36. The van der Waals surface area contributed by atoms with Crippen LogP contribution in [0.25, 0.3) is 16.9 Å². The molecule has 2 N–H and O–H groups in total. The van der Waals surface area contributed by atoms with E-state index < -0.39 is 35.4 Å². The Balaban J connectivity index is 1.43. The van der Waals surface area contributed by atoms with Gasteiger partial charge in [-0.15, -0.1) is 0 Å². The first-order valence-corrected chi connectivity index (χ1v) is 13.0. The molecule has 2 atom stereocenters. The second-order valence-electron chi connectivity index (χ2n) is 9.80. The van der Waals surface area contributed by atoms with E-state index in [1.165, 1.54) is 0 Å². The second-order valence-corrected chi connectivity index (χ2v) is 9.80. The zero-order valence-corrected chi connectivity index (χ0v) is 22.2. The number of urea groups is 1. The van der Waals surface area contributed by atoms with Gasteiger partial charge in [-0.3, -0.25) is 10.2 Å². The Morgan fingerprint density at radius 2 is 1.65 bits per heavy atom. The number of anilines is 1. The largest absolute Gasteiger partial charge is 0.383 e. The standard InChI is InChI=1S/C30H30F3N5O2/c1-19-28(20-9-5-3-6-10-20)36-38(22-11-7-4-8-12-22)29(19)35-30(39)34-26-18-37(13-14-40-2)17-23(26)21-15-24(31)27(33)25(32)16-21/h3-12,15-16,23,26H,13-14,17-18H2,1-2H3,(H2,34,35,39)/t23-,26+/m0/s1. The molecule has 1 aliphatic heterocycles. The molecule has 0 bridgehead atoms. The van der Waals surface area contributed by atoms with Crippen molar-refractivity contribution >= 4 is 11.8 Å². The van der Waals surface area contributed by atoms with Crippen molar-refractivity contribution < 1.29 is 22.7 Å². The van der Waals surface area contributed by atoms with Gasteiger partial charge in [-0.2, -0.15) is 5.10 Å². The van der Waals surface area contributed by atoms with Gasteiger partial charge in [-0.25, -0.2) is 22.6 Å². The zero-order valence-electron chi connectivity index (χ0n) is 22.2. The van der Waals surface area contributed by atoms with Crippen molar-refractivity contribution in [3.05, 3.63) is 101 Å². The van der Waals surface area contributed by atoms with E-state index >= 15 is 0 Å². The molecule has 0 saturated carbocycles. The van der Waals surface area contributed by atoms with Crippen LogP contribution in [0.4, 0.5) is 23.8 Å². The molecule has 1 saturated heterocycles. The molecule has 4 aromatic rings. The average Bonchev–Trinajstić information content (AvgIpc) is 3.51. The number of para-hydroxylation sites is 1. The third kappa shape index (κ3) is 5.73. The third-order valence-corrected chi connectivity index (χ3v) is 7.16. The van der Waals surface area contributed by atoms with Crippen LogP contribution in [0, 0.1) is 24.4 Å². The lowest BCUT2D eigenvalue weighted by molar-refractivity contribution is 0.159. The maximum atomic E-state index is 14.1. The van der Waals surface area contributed by atoms with Gasteiger partial charge < -0.3 is 10.1 Å². The molecule has 1 aliphatic rings. The molecule has 10 heteroatoms. The van der Waals surface area contributed by atoms with E-state index in [9.17, 15) is 18.0 Å². The number of hydrogen-bond acceptors (Lipinski definition) is 4. The predicted molar refractivity (Wildman–Crippen MR) is 147 cm³/mol. The molecular weight excluding hydrogens is 519 g/mol. The van der Waals surface area contributed by atoms with Crippen LogP contribution in [0.5, 0.6) is 0 Å². The van der Waals surface area contributed by atoms with Crippen LogP contribution in [0.15, 0.2) is 72.8 Å². The number of amides is 2. The van der Waals surface area contributed by atoms with Crippen LogP contribution in [0.2, 0.25) is 0 Å². The molecular formula is C30H30F3N5O2. The summed E-state index contributed by atoms with van der Waals surface area (Å²) in [4.78, 5) is 15.5. The number of methoxy groups -OCH3 is 1. The molecule has 0 radical (unpaired) electrons. The van der Waals surface area contributed by atoms with Crippen molar-refractivity contribution in [3.8, 4) is 16.9 Å². The number of benzene rings is 3. The van der Waals surface area contributed by atoms with Gasteiger partial charge in [-0.1, -0.05) is 48.5 Å². The van der Waals surface area contributed by atoms with Crippen LogP contribution in [-0.4, -0.2) is 60.1 Å². The van der Waals surface area contributed by atoms with Crippen molar-refractivity contribution in [2.24, 2.45) is 0 Å². The number of ether oxygens (including phenoxy) is 1. The molecule has 7 nitrogen and oxygen atoms in total. The maximum absolute atomic E-state index is 14.1. The first-order valence-electron chi connectivity index (χ1n) is 13.0. The normalized spacial score (nSPS) is 17.2. The summed E-state index contributed by atoms with van der Waals surface area (Å²) in [5.74, 6) is -4.01. The lowest BCUT2D eigenvalue weighted by Crippen LogP contribution is -2.42. The molecule has 2 heterocycles. The molecule has 40 heavy (non-hydrogen) atoms. The fourth-order valence-electron chi connectivity index (χ4n) is 5.14. The summed E-state index contributed by atoms with van der Waals surface area (Å²) in [5, 5.41) is 10.7. The second kappa shape index (κ2) is 11.9. The molecule has 0 unspecified atom stereocenters. The topological polar surface area (TPSA) is 71.4 Å². The van der Waals surface area contributed by atoms with Crippen LogP contribution < -0.4 is 10.6 Å². The highest BCUT2D eigenvalue weighted by atomic mass is 19.2. The Labute approximate surface area is 230 Å². The Bertz CT molecular complexity index is 1460. The minimum atomic E-state index is -1.51. The SMILES string of the molecule is COCCN1C[C@@H](NC(=O)Nc2c(C)c(-c3ccccc3)nn2-c2ccccc2)[C@H](c2cc(F)c(F)c(F)c2)C1. The van der Waals surface area contributed by atoms with E-state index in [2.05, 4.69) is 10.6 Å². The first-order chi connectivity index (χ1) is 19.4. The van der Waals surface area contributed by atoms with E-state index in [1.54, 1.807) is 11.8 Å². The van der Waals surface area contributed by atoms with Gasteiger partial charge in [0.15, 0.2) is 17.5 Å². The highest BCUT2D eigenvalue weighted by Crippen LogP contribution is 2.32. The van der Waals surface area contributed by atoms with Crippen LogP contribution >= 0.6 is 0 Å². The predicted octanol–water partition coefficient (Wildman–Crippen LogP) is 5.50. The number of hydrogen-bond donors (Lipinski definition) is 2. The molecule has 5 rings (SSSR count). The summed E-state index contributed by atoms with van der Waals surface area (Å²) in [6.45, 7) is 3.75. The molecule has 1 fully saturated rings. The number of likely N-dealkylation sites (tertiary alicyclic amines) is 1. The van der Waals surface area contributed by atoms with Gasteiger partial charge in [-0.05, 0) is 36.8 Å². The Morgan fingerprint density at radius 1 is 1.00 bits per heavy atom. The number of halogens is 3. The van der Waals surface area contributed by atoms with E-state index in [0.717, 1.165) is 34.6 Å². The number of nitrogens with one attached hydrogen (secondary N) is 2. The zero-order chi connectivity index (χ0) is 28.2. The van der Waals surface area contributed by atoms with Crippen LogP contribution in [0.3, 0.4) is 0 Å². The van der Waals surface area contributed by atoms with Gasteiger partial charge in [0, 0.05) is 43.8 Å². The Kier molecular flexibility index (Phi) is 8.18. The molecule has 0 aliphatic carbocycles. The van der Waals surface area contributed by atoms with Crippen LogP contribution in [0.1, 0.15) is 17.0 Å². The highest BCUT2D eigenvalue weighted by molar-refractivity contribution is 5.91. The number of carbonyl (C=O) groups is 1. The lowest BCUT2D eigenvalue weighted by atomic mass is 9.94. The summed E-state index contributed by atoms with van der Waals surface area (Å²) < 4.78 is 48.7. The minimum Gasteiger partial charge on any atom is -0.383 e. The van der Waals surface area contributed by atoms with Crippen molar-refractivity contribution in [2.75, 3.05) is 38.7 Å². The number of rotatable bonds is 8. The summed E-state index contributed by atoms with van der Waals surface area (Å²) >= 11 is 0. The first kappa shape index (κ1) is 27.4. The van der Waals surface area contributed by atoms with E-state index in [4.69, 9.17) is 9.84 Å². The third-order valence-electron chi connectivity index (χ3n) is 7.16. The number of aromatic nitrogens is 2. The van der Waals surface area contributed by atoms with Gasteiger partial charge in [0.25, 0.3) is 0 Å². The Morgan fingerprint density at radius 3 is 2.30 bits per heavy atom. The van der Waals surface area contributed by atoms with E-state index in [0.29, 0.717) is 32.1 Å². The summed E-state index contributed by atoms with van der Waals surface area (Å²) in [7, 11) is 1.59. The molecule has 3 aromatic carbocycles. The van der Waals surface area contributed by atoms with Gasteiger partial charge >= 0.3 is 6.03 Å². The maximum Gasteiger partial charge on any atom is 0.320 e. The average molecular weight is 550 g/mol. The molecule has 208 valence electrons. The smallest absolute Gasteiger partial charge is 0.320 e. The van der Waals surface area contributed by atoms with Crippen molar-refractivity contribution in [1.29, 1.82) is 0 Å². The lowest BCUT2D eigenvalue weighted by Gasteiger charge is -2.21. The molecule has 0 spiro atoms. The summed E-state index contributed by atoms with van der Waals surface area (Å²) in [6, 6.07) is 20.1. The van der Waals surface area contributed by atoms with E-state index in [1.807, 2.05) is 72.5 Å². The quantitative estimate of drug-likeness (QED) is 0.285. The summed E-state index contributed by atoms with van der Waals surface area (Å²) in [5.41, 5.74) is 3.45. The monoisotopic (exact) mass is 549 g/mol. The summed E-state index contributed by atoms with van der Waals surface area (Å²) in [6.07, 6.45) is 0. The van der Waals surface area contributed by atoms with Gasteiger partial charge in [0.1, 0.15) is 5.82 Å². The fraction of sp³-hybridized carbons (Fsp3) is 0.267. The van der Waals surface area contributed by atoms with Gasteiger partial charge in [0.05, 0.1) is 24.0 Å². The van der Waals surface area contributed by atoms with Crippen molar-refractivity contribution in [2.45, 2.75) is 18.9 Å². The van der Waals surface area contributed by atoms with Gasteiger partial charge in [0.2, 0.25) is 0 Å². The minimum absolute atomic E-state index is 0.276. The van der Waals surface area contributed by atoms with Crippen molar-refractivity contribution in [3.63, 3.8) is 0 Å². The Hall–Kier alpha value is -4.15. The molecule has 2 amide bonds. The molecule has 1 aromatic heterocycles.